The average Bonchev–Trinajstić information content (AvgIpc) is 3.14. The second kappa shape index (κ2) is 7.07. The maximum absolute atomic E-state index is 12.9. The zero-order valence-corrected chi connectivity index (χ0v) is 14.6. The topological polar surface area (TPSA) is 82.5 Å². The fourth-order valence-electron chi connectivity index (χ4n) is 3.63. The first-order valence-electron chi connectivity index (χ1n) is 8.80. The number of carbonyl (C=O) groups is 2. The van der Waals surface area contributed by atoms with Crippen LogP contribution in [0.4, 0.5) is 10.6 Å². The Labute approximate surface area is 156 Å². The van der Waals surface area contributed by atoms with Crippen LogP contribution in [0.5, 0.6) is 0 Å². The number of benzene rings is 2. The molecule has 0 unspecified atom stereocenters. The summed E-state index contributed by atoms with van der Waals surface area (Å²) in [5, 5.41) is 14.2. The van der Waals surface area contributed by atoms with Gasteiger partial charge in [0.15, 0.2) is 0 Å². The second-order valence-electron chi connectivity index (χ2n) is 6.72. The Balaban J connectivity index is 1.58. The number of carbonyl (C=O) groups excluding carboxylic acids is 1. The van der Waals surface area contributed by atoms with E-state index in [4.69, 9.17) is 0 Å². The van der Waals surface area contributed by atoms with Crippen LogP contribution in [0.3, 0.4) is 0 Å². The van der Waals surface area contributed by atoms with Crippen molar-refractivity contribution < 1.29 is 14.7 Å². The molecule has 6 heteroatoms. The molecule has 0 radical (unpaired) electrons. The van der Waals surface area contributed by atoms with Gasteiger partial charge in [-0.05, 0) is 17.0 Å². The molecule has 2 atom stereocenters. The summed E-state index contributed by atoms with van der Waals surface area (Å²) in [7, 11) is 0. The summed E-state index contributed by atoms with van der Waals surface area (Å²) in [6.45, 7) is 0.483. The number of fused-ring (bicyclic) bond motifs is 1. The Kier molecular flexibility index (Phi) is 4.46. The molecule has 0 saturated carbocycles. The third kappa shape index (κ3) is 3.46. The van der Waals surface area contributed by atoms with Crippen molar-refractivity contribution in [1.29, 1.82) is 0 Å². The monoisotopic (exact) mass is 361 g/mol. The van der Waals surface area contributed by atoms with Crippen molar-refractivity contribution in [2.75, 3.05) is 18.4 Å². The van der Waals surface area contributed by atoms with Gasteiger partial charge in [0.25, 0.3) is 0 Å². The molecule has 0 bridgehead atoms. The molecule has 3 aromatic rings. The van der Waals surface area contributed by atoms with E-state index in [1.165, 1.54) is 4.90 Å². The van der Waals surface area contributed by atoms with E-state index in [2.05, 4.69) is 10.3 Å². The molecule has 2 heterocycles. The number of aromatic nitrogens is 1. The minimum absolute atomic E-state index is 0.175. The molecular weight excluding hydrogens is 342 g/mol. The Morgan fingerprint density at radius 2 is 1.70 bits per heavy atom. The summed E-state index contributed by atoms with van der Waals surface area (Å²) in [6.07, 6.45) is 0.715. The summed E-state index contributed by atoms with van der Waals surface area (Å²) in [6, 6.07) is 19.2. The summed E-state index contributed by atoms with van der Waals surface area (Å²) in [4.78, 5) is 30.0. The zero-order valence-electron chi connectivity index (χ0n) is 14.6. The smallest absolute Gasteiger partial charge is 0.407 e. The number of nitrogens with one attached hydrogen (secondary N) is 1. The molecule has 4 rings (SSSR count). The van der Waals surface area contributed by atoms with Crippen LogP contribution in [0.1, 0.15) is 11.5 Å². The number of hydrogen-bond donors (Lipinski definition) is 2. The van der Waals surface area contributed by atoms with Crippen LogP contribution in [0.2, 0.25) is 0 Å². The maximum atomic E-state index is 12.9. The lowest BCUT2D eigenvalue weighted by molar-refractivity contribution is -0.119. The first-order chi connectivity index (χ1) is 13.1. The van der Waals surface area contributed by atoms with Crippen LogP contribution in [0.25, 0.3) is 10.8 Å². The minimum atomic E-state index is -1.00. The molecule has 0 aliphatic carbocycles. The lowest BCUT2D eigenvalue weighted by Crippen LogP contribution is -2.30. The van der Waals surface area contributed by atoms with Gasteiger partial charge in [0.05, 0.1) is 5.92 Å². The molecule has 1 aromatic heterocycles. The molecular formula is C21H19N3O3. The predicted octanol–water partition coefficient (Wildman–Crippen LogP) is 3.57. The van der Waals surface area contributed by atoms with Crippen LogP contribution in [-0.4, -0.2) is 40.1 Å². The van der Waals surface area contributed by atoms with Crippen molar-refractivity contribution in [3.63, 3.8) is 0 Å². The highest BCUT2D eigenvalue weighted by Crippen LogP contribution is 2.33. The molecule has 2 aromatic carbocycles. The van der Waals surface area contributed by atoms with Crippen LogP contribution in [0.15, 0.2) is 66.9 Å². The van der Waals surface area contributed by atoms with E-state index in [-0.39, 0.29) is 18.4 Å². The molecule has 1 fully saturated rings. The second-order valence-corrected chi connectivity index (χ2v) is 6.72. The Bertz CT molecular complexity index is 990. The summed E-state index contributed by atoms with van der Waals surface area (Å²) in [5.41, 5.74) is 0.966. The molecule has 1 aliphatic rings. The quantitative estimate of drug-likeness (QED) is 0.747. The summed E-state index contributed by atoms with van der Waals surface area (Å²) in [5.74, 6) is -0.380. The van der Waals surface area contributed by atoms with Gasteiger partial charge in [-0.25, -0.2) is 9.78 Å². The number of pyridine rings is 1. The Morgan fingerprint density at radius 3 is 2.44 bits per heavy atom. The number of carboxylic acid groups (broad SMARTS) is 1. The van der Waals surface area contributed by atoms with Gasteiger partial charge in [0, 0.05) is 30.6 Å². The lowest BCUT2D eigenvalue weighted by Gasteiger charge is -2.18. The zero-order chi connectivity index (χ0) is 18.8. The number of nitrogens with zero attached hydrogens (tertiary/aromatic N) is 2. The molecule has 6 nitrogen and oxygen atoms in total. The van der Waals surface area contributed by atoms with Crippen molar-refractivity contribution in [1.82, 2.24) is 9.88 Å². The van der Waals surface area contributed by atoms with Gasteiger partial charge >= 0.3 is 6.09 Å². The molecule has 136 valence electrons. The van der Waals surface area contributed by atoms with Gasteiger partial charge in [-0.3, -0.25) is 4.79 Å². The number of amides is 2. The highest BCUT2D eigenvalue weighted by Gasteiger charge is 2.40. The van der Waals surface area contributed by atoms with Gasteiger partial charge in [-0.2, -0.15) is 0 Å². The van der Waals surface area contributed by atoms with E-state index in [0.29, 0.717) is 12.4 Å². The summed E-state index contributed by atoms with van der Waals surface area (Å²) < 4.78 is 0. The van der Waals surface area contributed by atoms with E-state index >= 15 is 0 Å². The van der Waals surface area contributed by atoms with E-state index in [1.807, 2.05) is 60.7 Å². The highest BCUT2D eigenvalue weighted by atomic mass is 16.4. The first kappa shape index (κ1) is 17.0. The number of likely N-dealkylation sites (tertiary alicyclic amines) is 1. The maximum Gasteiger partial charge on any atom is 0.407 e. The van der Waals surface area contributed by atoms with Gasteiger partial charge in [-0.15, -0.1) is 0 Å². The normalized spacial score (nSPS) is 19.2. The van der Waals surface area contributed by atoms with Gasteiger partial charge in [0.2, 0.25) is 5.91 Å². The number of hydrogen-bond acceptors (Lipinski definition) is 3. The molecule has 1 aliphatic heterocycles. The predicted molar refractivity (Wildman–Crippen MR) is 103 cm³/mol. The molecule has 2 amide bonds. The van der Waals surface area contributed by atoms with Gasteiger partial charge in [-0.1, -0.05) is 54.6 Å². The third-order valence-electron chi connectivity index (χ3n) is 5.04. The lowest BCUT2D eigenvalue weighted by atomic mass is 9.88. The van der Waals surface area contributed by atoms with E-state index < -0.39 is 12.0 Å². The third-order valence-corrected chi connectivity index (χ3v) is 5.04. The minimum Gasteiger partial charge on any atom is -0.465 e. The van der Waals surface area contributed by atoms with E-state index in [0.717, 1.165) is 16.3 Å². The molecule has 1 saturated heterocycles. The number of anilines is 1. The Hall–Kier alpha value is -3.41. The Morgan fingerprint density at radius 1 is 1.00 bits per heavy atom. The fourth-order valence-corrected chi connectivity index (χ4v) is 3.63. The fraction of sp³-hybridized carbons (Fsp3) is 0.190. The first-order valence-corrected chi connectivity index (χ1v) is 8.80. The van der Waals surface area contributed by atoms with E-state index in [9.17, 15) is 14.7 Å². The molecule has 27 heavy (non-hydrogen) atoms. The molecule has 2 N–H and O–H groups in total. The van der Waals surface area contributed by atoms with Crippen LogP contribution < -0.4 is 5.32 Å². The van der Waals surface area contributed by atoms with Crippen LogP contribution >= 0.6 is 0 Å². The summed E-state index contributed by atoms with van der Waals surface area (Å²) >= 11 is 0. The van der Waals surface area contributed by atoms with Gasteiger partial charge in [0.1, 0.15) is 5.82 Å². The number of rotatable bonds is 3. The van der Waals surface area contributed by atoms with Crippen molar-refractivity contribution in [3.05, 3.63) is 72.4 Å². The SMILES string of the molecule is O=C(Nc1cc2ccccc2cn1)[C@H]1CN(C(=O)O)C[C@@H]1c1ccccc1. The highest BCUT2D eigenvalue weighted by molar-refractivity contribution is 5.95. The average molecular weight is 361 g/mol. The van der Waals surface area contributed by atoms with Crippen molar-refractivity contribution in [2.45, 2.75) is 5.92 Å². The van der Waals surface area contributed by atoms with Crippen molar-refractivity contribution in [2.24, 2.45) is 5.92 Å². The molecule has 0 spiro atoms. The van der Waals surface area contributed by atoms with Crippen LogP contribution in [-0.2, 0) is 4.79 Å². The standard InChI is InChI=1S/C21H19N3O3/c25-20(23-19-10-15-8-4-5-9-16(15)11-22-19)18-13-24(21(26)27)12-17(18)14-6-2-1-3-7-14/h1-11,17-18H,12-13H2,(H,26,27)(H,22,23,25)/t17-,18+/m1/s1. The largest absolute Gasteiger partial charge is 0.465 e. The van der Waals surface area contributed by atoms with Crippen molar-refractivity contribution in [3.8, 4) is 0 Å². The van der Waals surface area contributed by atoms with Gasteiger partial charge < -0.3 is 15.3 Å². The van der Waals surface area contributed by atoms with Crippen molar-refractivity contribution >= 4 is 28.6 Å². The van der Waals surface area contributed by atoms with E-state index in [1.54, 1.807) is 6.20 Å². The van der Waals surface area contributed by atoms with Crippen LogP contribution in [0, 0.1) is 5.92 Å².